The average molecular weight is 369 g/mol. The third-order valence-corrected chi connectivity index (χ3v) is 4.44. The van der Waals surface area contributed by atoms with Crippen molar-refractivity contribution in [1.82, 2.24) is 15.6 Å². The molecule has 2 heterocycles. The zero-order valence-corrected chi connectivity index (χ0v) is 14.7. The second-order valence-corrected chi connectivity index (χ2v) is 6.16. The number of ether oxygens (including phenoxy) is 3. The van der Waals surface area contributed by atoms with Gasteiger partial charge in [0.2, 0.25) is 0 Å². The number of benzene rings is 1. The maximum atomic E-state index is 12.4. The lowest BCUT2D eigenvalue weighted by Gasteiger charge is -2.34. The molecule has 1 aromatic carbocycles. The van der Waals surface area contributed by atoms with Crippen molar-refractivity contribution >= 4 is 5.91 Å². The summed E-state index contributed by atoms with van der Waals surface area (Å²) in [6.45, 7) is 0.376. The second kappa shape index (κ2) is 7.73. The van der Waals surface area contributed by atoms with Gasteiger partial charge in [0, 0.05) is 5.56 Å². The highest BCUT2D eigenvalue weighted by Crippen LogP contribution is 2.24. The molecule has 1 N–H and O–H groups in total. The van der Waals surface area contributed by atoms with Gasteiger partial charge in [-0.3, -0.25) is 4.79 Å². The number of nitrogens with zero attached hydrogens (tertiary/aromatic N) is 2. The number of methoxy groups -OCH3 is 1. The van der Waals surface area contributed by atoms with Crippen molar-refractivity contribution in [2.24, 2.45) is 0 Å². The van der Waals surface area contributed by atoms with Crippen molar-refractivity contribution in [2.75, 3.05) is 13.7 Å². The smallest absolute Gasteiger partial charge is 0.251 e. The Labute approximate surface area is 155 Å². The predicted molar refractivity (Wildman–Crippen MR) is 94.8 cm³/mol. The molecule has 1 fully saturated rings. The van der Waals surface area contributed by atoms with Gasteiger partial charge in [0.25, 0.3) is 5.91 Å². The number of carbonyl (C=O) groups excluding carboxylic acids is 1. The summed E-state index contributed by atoms with van der Waals surface area (Å²) < 4.78 is 21.5. The van der Waals surface area contributed by atoms with Gasteiger partial charge in [-0.2, -0.15) is 0 Å². The van der Waals surface area contributed by atoms with Gasteiger partial charge in [-0.05, 0) is 29.4 Å². The molecule has 2 aromatic rings. The van der Waals surface area contributed by atoms with Crippen molar-refractivity contribution in [3.63, 3.8) is 0 Å². The normalized spacial score (nSPS) is 23.7. The van der Waals surface area contributed by atoms with Crippen LogP contribution in [0.15, 0.2) is 53.2 Å². The molecule has 0 saturated carbocycles. The van der Waals surface area contributed by atoms with Gasteiger partial charge in [0.05, 0.1) is 20.3 Å². The molecule has 2 aliphatic rings. The molecule has 1 aliphatic carbocycles. The summed E-state index contributed by atoms with van der Waals surface area (Å²) in [5.74, 6) is 0.476. The Morgan fingerprint density at radius 2 is 1.96 bits per heavy atom. The molecule has 3 unspecified atom stereocenters. The summed E-state index contributed by atoms with van der Waals surface area (Å²) in [5, 5.41) is 10.6. The minimum Gasteiger partial charge on any atom is -0.497 e. The number of nitrogens with one attached hydrogen (secondary N) is 1. The largest absolute Gasteiger partial charge is 0.497 e. The molecule has 1 aliphatic heterocycles. The number of aromatic nitrogens is 2. The van der Waals surface area contributed by atoms with E-state index in [1.165, 1.54) is 0 Å². The summed E-state index contributed by atoms with van der Waals surface area (Å²) in [6, 6.07) is 7.35. The number of hydrogen-bond acceptors (Lipinski definition) is 7. The lowest BCUT2D eigenvalue weighted by molar-refractivity contribution is -0.168. The van der Waals surface area contributed by atoms with E-state index in [0.29, 0.717) is 11.4 Å². The molecule has 140 valence electrons. The third-order valence-electron chi connectivity index (χ3n) is 4.44. The van der Waals surface area contributed by atoms with Crippen LogP contribution in [0.1, 0.15) is 5.69 Å². The molecule has 0 bridgehead atoms. The molecule has 1 aromatic heterocycles. The molecule has 4 rings (SSSR count). The quantitative estimate of drug-likeness (QED) is 0.856. The number of allylic oxidation sites excluding steroid dienone is 2. The van der Waals surface area contributed by atoms with Crippen LogP contribution in [-0.2, 0) is 20.8 Å². The molecule has 1 saturated heterocycles. The zero-order chi connectivity index (χ0) is 18.6. The van der Waals surface area contributed by atoms with Gasteiger partial charge in [-0.25, -0.2) is 4.63 Å². The summed E-state index contributed by atoms with van der Waals surface area (Å²) in [6.07, 6.45) is 6.53. The summed E-state index contributed by atoms with van der Waals surface area (Å²) >= 11 is 0. The predicted octanol–water partition coefficient (Wildman–Crippen LogP) is 1.64. The fraction of sp³-hybridized carbons (Fsp3) is 0.316. The van der Waals surface area contributed by atoms with Crippen LogP contribution in [0, 0.1) is 0 Å². The van der Waals surface area contributed by atoms with Crippen LogP contribution in [0.25, 0.3) is 11.3 Å². The summed E-state index contributed by atoms with van der Waals surface area (Å²) in [7, 11) is 1.60. The van der Waals surface area contributed by atoms with Crippen molar-refractivity contribution in [3.05, 3.63) is 54.3 Å². The van der Waals surface area contributed by atoms with E-state index in [9.17, 15) is 4.79 Å². The van der Waals surface area contributed by atoms with Gasteiger partial charge in [-0.15, -0.1) is 0 Å². The third kappa shape index (κ3) is 3.76. The van der Waals surface area contributed by atoms with E-state index in [2.05, 4.69) is 15.6 Å². The first-order valence-electron chi connectivity index (χ1n) is 8.60. The van der Waals surface area contributed by atoms with Crippen LogP contribution in [-0.4, -0.2) is 48.2 Å². The molecular formula is C19H19N3O5. The number of hydrogen-bond donors (Lipinski definition) is 1. The number of rotatable bonds is 5. The van der Waals surface area contributed by atoms with Crippen LogP contribution >= 0.6 is 0 Å². The maximum absolute atomic E-state index is 12.4. The van der Waals surface area contributed by atoms with Crippen LogP contribution in [0.3, 0.4) is 0 Å². The van der Waals surface area contributed by atoms with E-state index in [4.69, 9.17) is 18.8 Å². The van der Waals surface area contributed by atoms with Gasteiger partial charge in [0.15, 0.2) is 6.10 Å². The Morgan fingerprint density at radius 1 is 1.19 bits per heavy atom. The van der Waals surface area contributed by atoms with E-state index < -0.39 is 6.10 Å². The van der Waals surface area contributed by atoms with Crippen molar-refractivity contribution in [1.29, 1.82) is 0 Å². The minimum absolute atomic E-state index is 0.138. The molecule has 27 heavy (non-hydrogen) atoms. The maximum Gasteiger partial charge on any atom is 0.251 e. The summed E-state index contributed by atoms with van der Waals surface area (Å²) in [5.41, 5.74) is 1.92. The zero-order valence-electron chi connectivity index (χ0n) is 14.7. The Kier molecular flexibility index (Phi) is 4.99. The van der Waals surface area contributed by atoms with Crippen LogP contribution in [0.2, 0.25) is 0 Å². The number of fused-ring (bicyclic) bond motifs is 1. The Bertz CT molecular complexity index is 858. The number of carbonyl (C=O) groups is 1. The molecule has 8 heteroatoms. The standard InChI is InChI=1S/C19H19N3O5/c1-24-13-8-6-12(7-9-13)18-14(21-27-22-18)10-20-19(23)17-11-25-15-4-2-3-5-16(15)26-17/h2-9,15-17H,10-11H2,1H3,(H,20,23). The van der Waals surface area contributed by atoms with E-state index in [1.54, 1.807) is 7.11 Å². The van der Waals surface area contributed by atoms with Crippen molar-refractivity contribution < 1.29 is 23.6 Å². The molecular weight excluding hydrogens is 350 g/mol. The van der Waals surface area contributed by atoms with Gasteiger partial charge in [0.1, 0.15) is 29.3 Å². The Hall–Kier alpha value is -2.97. The lowest BCUT2D eigenvalue weighted by Crippen LogP contribution is -2.49. The van der Waals surface area contributed by atoms with E-state index >= 15 is 0 Å². The van der Waals surface area contributed by atoms with Gasteiger partial charge >= 0.3 is 0 Å². The van der Waals surface area contributed by atoms with Gasteiger partial charge in [-0.1, -0.05) is 29.5 Å². The molecule has 8 nitrogen and oxygen atoms in total. The minimum atomic E-state index is -0.674. The Balaban J connectivity index is 1.38. The highest BCUT2D eigenvalue weighted by molar-refractivity contribution is 5.81. The van der Waals surface area contributed by atoms with Crippen LogP contribution < -0.4 is 10.1 Å². The van der Waals surface area contributed by atoms with E-state index in [0.717, 1.165) is 11.3 Å². The molecule has 1 amide bonds. The first-order valence-corrected chi connectivity index (χ1v) is 8.60. The first kappa shape index (κ1) is 17.4. The fourth-order valence-electron chi connectivity index (χ4n) is 2.98. The molecule has 0 spiro atoms. The number of amides is 1. The topological polar surface area (TPSA) is 95.7 Å². The fourth-order valence-corrected chi connectivity index (χ4v) is 2.98. The Morgan fingerprint density at radius 3 is 2.74 bits per heavy atom. The van der Waals surface area contributed by atoms with Gasteiger partial charge < -0.3 is 19.5 Å². The van der Waals surface area contributed by atoms with E-state index in [-0.39, 0.29) is 31.3 Å². The SMILES string of the molecule is COc1ccc(-c2nonc2CNC(=O)C2COC3C=CC=CC3O2)cc1. The van der Waals surface area contributed by atoms with E-state index in [1.807, 2.05) is 48.6 Å². The average Bonchev–Trinajstić information content (AvgIpc) is 3.20. The highest BCUT2D eigenvalue weighted by Gasteiger charge is 2.33. The van der Waals surface area contributed by atoms with Crippen LogP contribution in [0.5, 0.6) is 5.75 Å². The van der Waals surface area contributed by atoms with Crippen LogP contribution in [0.4, 0.5) is 0 Å². The lowest BCUT2D eigenvalue weighted by atomic mass is 10.1. The molecule has 0 radical (unpaired) electrons. The second-order valence-electron chi connectivity index (χ2n) is 6.16. The monoisotopic (exact) mass is 369 g/mol. The van der Waals surface area contributed by atoms with Crippen molar-refractivity contribution in [2.45, 2.75) is 24.9 Å². The van der Waals surface area contributed by atoms with Crippen molar-refractivity contribution in [3.8, 4) is 17.0 Å². The summed E-state index contributed by atoms with van der Waals surface area (Å²) in [4.78, 5) is 12.4. The highest BCUT2D eigenvalue weighted by atomic mass is 16.6. The first-order chi connectivity index (χ1) is 13.2. The molecule has 3 atom stereocenters.